The highest BCUT2D eigenvalue weighted by molar-refractivity contribution is 6.43. The van der Waals surface area contributed by atoms with Gasteiger partial charge in [-0.3, -0.25) is 0 Å². The minimum absolute atomic E-state index is 0.333. The van der Waals surface area contributed by atoms with Crippen molar-refractivity contribution in [3.63, 3.8) is 0 Å². The van der Waals surface area contributed by atoms with Crippen LogP contribution in [0.2, 0.25) is 10.0 Å². The first-order valence-electron chi connectivity index (χ1n) is 6.09. The summed E-state index contributed by atoms with van der Waals surface area (Å²) in [5.74, 6) is 0.822. The summed E-state index contributed by atoms with van der Waals surface area (Å²) in [6.07, 6.45) is 1.46. The number of aromatic nitrogens is 2. The first-order valence-corrected chi connectivity index (χ1v) is 6.85. The number of nitrogens with zero attached hydrogens (tertiary/aromatic N) is 2. The first-order chi connectivity index (χ1) is 9.01. The first kappa shape index (κ1) is 14.3. The lowest BCUT2D eigenvalue weighted by molar-refractivity contribution is 0.350. The highest BCUT2D eigenvalue weighted by Gasteiger charge is 2.29. The molecule has 0 aliphatic heterocycles. The van der Waals surface area contributed by atoms with Gasteiger partial charge in [-0.1, -0.05) is 48.3 Å². The molecule has 4 nitrogen and oxygen atoms in total. The van der Waals surface area contributed by atoms with Gasteiger partial charge in [0.2, 0.25) is 0 Å². The van der Waals surface area contributed by atoms with Crippen molar-refractivity contribution in [3.05, 3.63) is 34.1 Å². The van der Waals surface area contributed by atoms with Crippen molar-refractivity contribution < 1.29 is 4.52 Å². The van der Waals surface area contributed by atoms with Crippen LogP contribution < -0.4 is 5.73 Å². The van der Waals surface area contributed by atoms with E-state index in [0.717, 1.165) is 12.8 Å². The van der Waals surface area contributed by atoms with Crippen LogP contribution in [-0.4, -0.2) is 10.1 Å². The third kappa shape index (κ3) is 2.61. The molecule has 1 aromatic heterocycles. The molecule has 2 aromatic rings. The molecule has 0 spiro atoms. The quantitative estimate of drug-likeness (QED) is 0.926. The van der Waals surface area contributed by atoms with E-state index in [1.807, 2.05) is 13.8 Å². The maximum absolute atomic E-state index is 6.23. The fourth-order valence-electron chi connectivity index (χ4n) is 1.77. The highest BCUT2D eigenvalue weighted by Crippen LogP contribution is 2.33. The SMILES string of the molecule is CCC(N)(CC)c1noc(-c2cccc(Cl)c2Cl)n1. The van der Waals surface area contributed by atoms with Crippen molar-refractivity contribution in [2.75, 3.05) is 0 Å². The molecule has 0 saturated carbocycles. The van der Waals surface area contributed by atoms with Gasteiger partial charge in [0.25, 0.3) is 5.89 Å². The molecule has 0 aliphatic carbocycles. The third-order valence-corrected chi connectivity index (χ3v) is 4.13. The number of benzene rings is 1. The molecule has 0 fully saturated rings. The van der Waals surface area contributed by atoms with Crippen molar-refractivity contribution in [2.45, 2.75) is 32.2 Å². The predicted octanol–water partition coefficient (Wildman–Crippen LogP) is 4.02. The molecular weight excluding hydrogens is 285 g/mol. The second-order valence-corrected chi connectivity index (χ2v) is 5.17. The van der Waals surface area contributed by atoms with Gasteiger partial charge in [0, 0.05) is 0 Å². The Hall–Kier alpha value is -1.10. The molecule has 0 aliphatic rings. The van der Waals surface area contributed by atoms with Crippen LogP contribution in [0.25, 0.3) is 11.5 Å². The van der Waals surface area contributed by atoms with Gasteiger partial charge in [-0.05, 0) is 25.0 Å². The van der Waals surface area contributed by atoms with E-state index >= 15 is 0 Å². The second-order valence-electron chi connectivity index (χ2n) is 4.39. The lowest BCUT2D eigenvalue weighted by Crippen LogP contribution is -2.36. The van der Waals surface area contributed by atoms with Gasteiger partial charge in [-0.2, -0.15) is 4.98 Å². The summed E-state index contributed by atoms with van der Waals surface area (Å²) in [6.45, 7) is 3.98. The van der Waals surface area contributed by atoms with Crippen LogP contribution in [0.15, 0.2) is 22.7 Å². The molecule has 6 heteroatoms. The predicted molar refractivity (Wildman–Crippen MR) is 76.2 cm³/mol. The zero-order chi connectivity index (χ0) is 14.0. The van der Waals surface area contributed by atoms with Crippen LogP contribution in [0.1, 0.15) is 32.5 Å². The van der Waals surface area contributed by atoms with Crippen LogP contribution in [0.4, 0.5) is 0 Å². The number of halogens is 2. The van der Waals surface area contributed by atoms with Gasteiger partial charge in [0.15, 0.2) is 5.82 Å². The van der Waals surface area contributed by atoms with E-state index in [1.54, 1.807) is 18.2 Å². The van der Waals surface area contributed by atoms with Crippen LogP contribution >= 0.6 is 23.2 Å². The molecule has 0 unspecified atom stereocenters. The maximum Gasteiger partial charge on any atom is 0.259 e. The average Bonchev–Trinajstić information content (AvgIpc) is 2.91. The lowest BCUT2D eigenvalue weighted by atomic mass is 9.93. The van der Waals surface area contributed by atoms with Crippen molar-refractivity contribution in [1.29, 1.82) is 0 Å². The van der Waals surface area contributed by atoms with E-state index in [2.05, 4.69) is 10.1 Å². The molecule has 0 bridgehead atoms. The number of hydrogen-bond acceptors (Lipinski definition) is 4. The van der Waals surface area contributed by atoms with Gasteiger partial charge < -0.3 is 10.3 Å². The molecule has 2 N–H and O–H groups in total. The van der Waals surface area contributed by atoms with E-state index in [-0.39, 0.29) is 0 Å². The van der Waals surface area contributed by atoms with Crippen molar-refractivity contribution in [1.82, 2.24) is 10.1 Å². The summed E-state index contributed by atoms with van der Waals surface area (Å²) in [4.78, 5) is 4.35. The molecule has 19 heavy (non-hydrogen) atoms. The topological polar surface area (TPSA) is 64.9 Å². The molecule has 0 radical (unpaired) electrons. The molecule has 0 amide bonds. The summed E-state index contributed by atoms with van der Waals surface area (Å²) in [5, 5.41) is 4.81. The standard InChI is InChI=1S/C13H15Cl2N3O/c1-3-13(16,4-2)12-17-11(19-18-12)8-6-5-7-9(14)10(8)15/h5-7H,3-4,16H2,1-2H3. The minimum atomic E-state index is -0.577. The molecule has 0 saturated heterocycles. The smallest absolute Gasteiger partial charge is 0.259 e. The van der Waals surface area contributed by atoms with E-state index in [9.17, 15) is 0 Å². The molecule has 1 aromatic carbocycles. The number of hydrogen-bond donors (Lipinski definition) is 1. The maximum atomic E-state index is 6.23. The fourth-order valence-corrected chi connectivity index (χ4v) is 2.15. The van der Waals surface area contributed by atoms with Crippen molar-refractivity contribution in [3.8, 4) is 11.5 Å². The monoisotopic (exact) mass is 299 g/mol. The molecule has 102 valence electrons. The Morgan fingerprint density at radius 3 is 2.58 bits per heavy atom. The second kappa shape index (κ2) is 5.49. The van der Waals surface area contributed by atoms with Crippen LogP contribution in [-0.2, 0) is 5.54 Å². The minimum Gasteiger partial charge on any atom is -0.334 e. The van der Waals surface area contributed by atoms with E-state index < -0.39 is 5.54 Å². The molecule has 0 atom stereocenters. The van der Waals surface area contributed by atoms with Crippen molar-refractivity contribution >= 4 is 23.2 Å². The average molecular weight is 300 g/mol. The van der Waals surface area contributed by atoms with Gasteiger partial charge in [-0.25, -0.2) is 0 Å². The number of nitrogens with two attached hydrogens (primary N) is 1. The van der Waals surface area contributed by atoms with E-state index in [1.165, 1.54) is 0 Å². The van der Waals surface area contributed by atoms with Crippen molar-refractivity contribution in [2.24, 2.45) is 5.73 Å². The van der Waals surface area contributed by atoms with Crippen LogP contribution in [0.5, 0.6) is 0 Å². The molecule has 2 rings (SSSR count). The molecular formula is C13H15Cl2N3O. The van der Waals surface area contributed by atoms with Gasteiger partial charge in [-0.15, -0.1) is 0 Å². The van der Waals surface area contributed by atoms with E-state index in [0.29, 0.717) is 27.3 Å². The normalized spacial score (nSPS) is 11.8. The van der Waals surface area contributed by atoms with Gasteiger partial charge in [0.05, 0.1) is 21.1 Å². The summed E-state index contributed by atoms with van der Waals surface area (Å²) < 4.78 is 5.25. The Morgan fingerprint density at radius 2 is 1.95 bits per heavy atom. The van der Waals surface area contributed by atoms with Gasteiger partial charge in [0.1, 0.15) is 0 Å². The van der Waals surface area contributed by atoms with Crippen LogP contribution in [0, 0.1) is 0 Å². The Balaban J connectivity index is 2.44. The largest absolute Gasteiger partial charge is 0.334 e. The van der Waals surface area contributed by atoms with Gasteiger partial charge >= 0.3 is 0 Å². The Morgan fingerprint density at radius 1 is 1.26 bits per heavy atom. The summed E-state index contributed by atoms with van der Waals surface area (Å²) in [5.41, 5.74) is 6.27. The van der Waals surface area contributed by atoms with Crippen LogP contribution in [0.3, 0.4) is 0 Å². The Kier molecular flexibility index (Phi) is 4.13. The zero-order valence-electron chi connectivity index (χ0n) is 10.8. The van der Waals surface area contributed by atoms with E-state index in [4.69, 9.17) is 33.5 Å². The summed E-state index contributed by atoms with van der Waals surface area (Å²) in [7, 11) is 0. The fraction of sp³-hybridized carbons (Fsp3) is 0.385. The Bertz CT molecular complexity index is 579. The third-order valence-electron chi connectivity index (χ3n) is 3.32. The zero-order valence-corrected chi connectivity index (χ0v) is 12.3. The molecule has 1 heterocycles. The number of rotatable bonds is 4. The lowest BCUT2D eigenvalue weighted by Gasteiger charge is -2.21. The Labute approximate surface area is 121 Å². The highest BCUT2D eigenvalue weighted by atomic mass is 35.5. The summed E-state index contributed by atoms with van der Waals surface area (Å²) in [6, 6.07) is 5.26. The summed E-state index contributed by atoms with van der Waals surface area (Å²) >= 11 is 12.1.